The fraction of sp³-hybridized carbons (Fsp3) is 0.333. The van der Waals surface area contributed by atoms with Gasteiger partial charge in [-0.3, -0.25) is 19.5 Å². The van der Waals surface area contributed by atoms with Crippen LogP contribution in [0.25, 0.3) is 11.1 Å². The Labute approximate surface area is 173 Å². The number of nitrogens with zero attached hydrogens (tertiary/aromatic N) is 3. The number of rotatable bonds is 9. The van der Waals surface area contributed by atoms with E-state index in [1.807, 2.05) is 38.4 Å². The molecule has 3 rings (SSSR count). The Hall–Kier alpha value is -3.46. The first-order valence-corrected chi connectivity index (χ1v) is 9.65. The van der Waals surface area contributed by atoms with Crippen molar-refractivity contribution in [3.8, 4) is 0 Å². The molecule has 1 N–H and O–H groups in total. The largest absolute Gasteiger partial charge is 0.419 e. The first kappa shape index (κ1) is 21.3. The van der Waals surface area contributed by atoms with Crippen LogP contribution >= 0.6 is 0 Å². The smallest absolute Gasteiger partial charge is 0.407 e. The van der Waals surface area contributed by atoms with E-state index in [-0.39, 0.29) is 30.1 Å². The fourth-order valence-electron chi connectivity index (χ4n) is 3.11. The fourth-order valence-corrected chi connectivity index (χ4v) is 3.11. The lowest BCUT2D eigenvalue weighted by Crippen LogP contribution is -2.17. The van der Waals surface area contributed by atoms with Crippen LogP contribution in [0.1, 0.15) is 18.4 Å². The van der Waals surface area contributed by atoms with E-state index in [2.05, 4.69) is 10.2 Å². The summed E-state index contributed by atoms with van der Waals surface area (Å²) in [6.07, 6.45) is 1.60. The van der Waals surface area contributed by atoms with Gasteiger partial charge in [-0.25, -0.2) is 4.79 Å². The third-order valence-corrected chi connectivity index (χ3v) is 4.73. The molecule has 0 saturated heterocycles. The van der Waals surface area contributed by atoms with E-state index in [0.29, 0.717) is 11.9 Å². The van der Waals surface area contributed by atoms with Gasteiger partial charge in [0.15, 0.2) is 5.58 Å². The maximum atomic E-state index is 12.2. The van der Waals surface area contributed by atoms with Crippen molar-refractivity contribution in [2.45, 2.75) is 25.8 Å². The maximum Gasteiger partial charge on any atom is 0.419 e. The number of hydrogen-bond donors (Lipinski definition) is 1. The van der Waals surface area contributed by atoms with Gasteiger partial charge in [-0.1, -0.05) is 12.1 Å². The quantitative estimate of drug-likeness (QED) is 0.427. The summed E-state index contributed by atoms with van der Waals surface area (Å²) in [5.41, 5.74) is 2.42. The number of nitro benzene ring substituents is 1. The lowest BCUT2D eigenvalue weighted by molar-refractivity contribution is -0.384. The molecule has 0 radical (unpaired) electrons. The summed E-state index contributed by atoms with van der Waals surface area (Å²) in [7, 11) is 4.05. The van der Waals surface area contributed by atoms with Crippen LogP contribution < -0.4 is 11.1 Å². The van der Waals surface area contributed by atoms with Crippen molar-refractivity contribution in [2.75, 3.05) is 26.0 Å². The second kappa shape index (κ2) is 9.36. The SMILES string of the molecule is CN(C)CCc1ccc(NC(=O)CCCn2c(=O)oc3cc([N+](=O)[O-])ccc32)cc1. The molecule has 0 aliphatic heterocycles. The summed E-state index contributed by atoms with van der Waals surface area (Å²) in [5, 5.41) is 13.7. The van der Waals surface area contributed by atoms with Crippen LogP contribution in [0, 0.1) is 10.1 Å². The molecule has 9 heteroatoms. The number of aromatic nitrogens is 1. The number of carbonyl (C=O) groups is 1. The summed E-state index contributed by atoms with van der Waals surface area (Å²) < 4.78 is 6.47. The van der Waals surface area contributed by atoms with E-state index < -0.39 is 10.7 Å². The van der Waals surface area contributed by atoms with E-state index in [4.69, 9.17) is 4.42 Å². The molecule has 1 heterocycles. The number of likely N-dealkylation sites (N-methyl/N-ethyl adjacent to an activating group) is 1. The van der Waals surface area contributed by atoms with Crippen LogP contribution in [0.4, 0.5) is 11.4 Å². The summed E-state index contributed by atoms with van der Waals surface area (Å²) in [6.45, 7) is 1.24. The Bertz CT molecular complexity index is 1100. The number of non-ortho nitro benzene ring substituents is 1. The summed E-state index contributed by atoms with van der Waals surface area (Å²) in [6, 6.07) is 11.8. The standard InChI is InChI=1S/C21H24N4O5/c1-23(2)13-11-15-5-7-16(8-6-15)22-20(26)4-3-12-24-18-10-9-17(25(28)29)14-19(18)30-21(24)27/h5-10,14H,3-4,11-13H2,1-2H3,(H,22,26). The molecule has 3 aromatic rings. The Morgan fingerprint density at radius 3 is 2.60 bits per heavy atom. The van der Waals surface area contributed by atoms with Crippen molar-refractivity contribution in [1.29, 1.82) is 0 Å². The molecule has 1 aromatic heterocycles. The molecule has 2 aromatic carbocycles. The molecule has 0 aliphatic rings. The van der Waals surface area contributed by atoms with Gasteiger partial charge in [0.05, 0.1) is 16.5 Å². The highest BCUT2D eigenvalue weighted by molar-refractivity contribution is 5.90. The number of benzene rings is 2. The van der Waals surface area contributed by atoms with Crippen molar-refractivity contribution in [3.05, 3.63) is 68.7 Å². The normalized spacial score (nSPS) is 11.2. The van der Waals surface area contributed by atoms with E-state index in [1.54, 1.807) is 0 Å². The molecule has 158 valence electrons. The molecule has 30 heavy (non-hydrogen) atoms. The Balaban J connectivity index is 1.54. The second-order valence-corrected chi connectivity index (χ2v) is 7.33. The first-order valence-electron chi connectivity index (χ1n) is 9.65. The maximum absolute atomic E-state index is 12.2. The first-order chi connectivity index (χ1) is 14.3. The highest BCUT2D eigenvalue weighted by Gasteiger charge is 2.14. The number of aryl methyl sites for hydroxylation is 1. The monoisotopic (exact) mass is 412 g/mol. The zero-order valence-electron chi connectivity index (χ0n) is 17.0. The van der Waals surface area contributed by atoms with Gasteiger partial charge in [0.2, 0.25) is 5.91 Å². The minimum absolute atomic E-state index is 0.143. The zero-order chi connectivity index (χ0) is 21.7. The Kier molecular flexibility index (Phi) is 6.63. The lowest BCUT2D eigenvalue weighted by atomic mass is 10.1. The summed E-state index contributed by atoms with van der Waals surface area (Å²) in [5.74, 6) is -0.744. The number of oxazole rings is 1. The van der Waals surface area contributed by atoms with Gasteiger partial charge in [0, 0.05) is 31.3 Å². The third kappa shape index (κ3) is 5.32. The van der Waals surface area contributed by atoms with E-state index >= 15 is 0 Å². The number of hydrogen-bond acceptors (Lipinski definition) is 6. The number of carbonyl (C=O) groups excluding carboxylic acids is 1. The molecule has 0 atom stereocenters. The minimum atomic E-state index is -0.598. The molecular formula is C21H24N4O5. The zero-order valence-corrected chi connectivity index (χ0v) is 17.0. The summed E-state index contributed by atoms with van der Waals surface area (Å²) in [4.78, 5) is 36.7. The van der Waals surface area contributed by atoms with E-state index in [9.17, 15) is 19.7 Å². The van der Waals surface area contributed by atoms with Gasteiger partial charge in [-0.05, 0) is 50.7 Å². The Morgan fingerprint density at radius 2 is 1.93 bits per heavy atom. The van der Waals surface area contributed by atoms with Gasteiger partial charge in [-0.2, -0.15) is 0 Å². The van der Waals surface area contributed by atoms with E-state index in [1.165, 1.54) is 28.3 Å². The molecule has 0 unspecified atom stereocenters. The highest BCUT2D eigenvalue weighted by Crippen LogP contribution is 2.20. The molecular weight excluding hydrogens is 388 g/mol. The number of amides is 1. The molecule has 0 fully saturated rings. The van der Waals surface area contributed by atoms with Gasteiger partial charge in [0.25, 0.3) is 5.69 Å². The van der Waals surface area contributed by atoms with E-state index in [0.717, 1.165) is 18.7 Å². The van der Waals surface area contributed by atoms with Gasteiger partial charge in [0.1, 0.15) is 0 Å². The Morgan fingerprint density at radius 1 is 1.20 bits per heavy atom. The highest BCUT2D eigenvalue weighted by atomic mass is 16.6. The number of nitrogens with one attached hydrogen (secondary N) is 1. The average Bonchev–Trinajstić information content (AvgIpc) is 3.02. The predicted octanol–water partition coefficient (Wildman–Crippen LogP) is 3.03. The number of nitro groups is 1. The predicted molar refractivity (Wildman–Crippen MR) is 114 cm³/mol. The molecule has 0 aliphatic carbocycles. The number of fused-ring (bicyclic) bond motifs is 1. The minimum Gasteiger partial charge on any atom is -0.407 e. The molecule has 0 spiro atoms. The molecule has 0 saturated carbocycles. The average molecular weight is 412 g/mol. The molecule has 9 nitrogen and oxygen atoms in total. The number of anilines is 1. The van der Waals surface area contributed by atoms with Gasteiger partial charge < -0.3 is 14.6 Å². The van der Waals surface area contributed by atoms with Crippen molar-refractivity contribution in [2.24, 2.45) is 0 Å². The third-order valence-electron chi connectivity index (χ3n) is 4.73. The van der Waals surface area contributed by atoms with Crippen LogP contribution in [-0.2, 0) is 17.8 Å². The van der Waals surface area contributed by atoms with Crippen LogP contribution in [0.15, 0.2) is 51.7 Å². The second-order valence-electron chi connectivity index (χ2n) is 7.33. The van der Waals surface area contributed by atoms with Crippen LogP contribution in [0.5, 0.6) is 0 Å². The van der Waals surface area contributed by atoms with Crippen LogP contribution in [0.2, 0.25) is 0 Å². The van der Waals surface area contributed by atoms with Crippen molar-refractivity contribution < 1.29 is 14.1 Å². The van der Waals surface area contributed by atoms with Crippen molar-refractivity contribution >= 4 is 28.4 Å². The van der Waals surface area contributed by atoms with Gasteiger partial charge in [-0.15, -0.1) is 0 Å². The summed E-state index contributed by atoms with van der Waals surface area (Å²) >= 11 is 0. The molecule has 1 amide bonds. The van der Waals surface area contributed by atoms with Gasteiger partial charge >= 0.3 is 5.76 Å². The lowest BCUT2D eigenvalue weighted by Gasteiger charge is -2.10. The van der Waals surface area contributed by atoms with Crippen LogP contribution in [-0.4, -0.2) is 40.9 Å². The topological polar surface area (TPSA) is 111 Å². The van der Waals surface area contributed by atoms with Crippen molar-refractivity contribution in [1.82, 2.24) is 9.47 Å². The van der Waals surface area contributed by atoms with Crippen molar-refractivity contribution in [3.63, 3.8) is 0 Å². The molecule has 0 bridgehead atoms. The van der Waals surface area contributed by atoms with Crippen LogP contribution in [0.3, 0.4) is 0 Å².